The number of rotatable bonds is 3. The van der Waals surface area contributed by atoms with Gasteiger partial charge in [-0.25, -0.2) is 0 Å². The molecule has 100 valence electrons. The Morgan fingerprint density at radius 1 is 1.47 bits per heavy atom. The third kappa shape index (κ3) is 5.07. The molecule has 1 heterocycles. The van der Waals surface area contributed by atoms with Crippen molar-refractivity contribution in [3.8, 4) is 0 Å². The number of nitrogens with zero attached hydrogens (tertiary/aromatic N) is 1. The molecule has 2 atom stereocenters. The first kappa shape index (κ1) is 14.5. The number of nitrogens with one attached hydrogen (secondary N) is 1. The standard InChI is InChI=1S/C14H28N2O/c1-11(9-14(3,4)5)8-13(17)16-7-6-15-10-12(16)2/h11-12,15H,6-10H2,1-5H3/t11-,12+/m1/s1. The normalized spacial score (nSPS) is 23.6. The van der Waals surface area contributed by atoms with Crippen molar-refractivity contribution in [2.45, 2.75) is 53.5 Å². The highest BCUT2D eigenvalue weighted by molar-refractivity contribution is 5.76. The Bertz CT molecular complexity index is 257. The van der Waals surface area contributed by atoms with E-state index in [-0.39, 0.29) is 0 Å². The molecule has 1 aliphatic heterocycles. The molecule has 1 fully saturated rings. The molecule has 17 heavy (non-hydrogen) atoms. The lowest BCUT2D eigenvalue weighted by Gasteiger charge is -2.35. The van der Waals surface area contributed by atoms with E-state index >= 15 is 0 Å². The van der Waals surface area contributed by atoms with Crippen LogP contribution < -0.4 is 5.32 Å². The summed E-state index contributed by atoms with van der Waals surface area (Å²) in [6.07, 6.45) is 1.81. The van der Waals surface area contributed by atoms with Crippen molar-refractivity contribution in [1.82, 2.24) is 10.2 Å². The van der Waals surface area contributed by atoms with E-state index in [1.165, 1.54) is 0 Å². The third-order valence-electron chi connectivity index (χ3n) is 3.31. The van der Waals surface area contributed by atoms with Crippen LogP contribution in [0, 0.1) is 11.3 Å². The summed E-state index contributed by atoms with van der Waals surface area (Å²) in [5, 5.41) is 3.32. The number of carbonyl (C=O) groups excluding carboxylic acids is 1. The molecule has 3 nitrogen and oxygen atoms in total. The van der Waals surface area contributed by atoms with E-state index in [9.17, 15) is 4.79 Å². The van der Waals surface area contributed by atoms with Gasteiger partial charge in [0.1, 0.15) is 0 Å². The SMILES string of the molecule is C[C@H](CC(=O)N1CCNC[C@@H]1C)CC(C)(C)C. The molecule has 1 aliphatic rings. The highest BCUT2D eigenvalue weighted by Gasteiger charge is 2.25. The first-order valence-corrected chi connectivity index (χ1v) is 6.80. The highest BCUT2D eigenvalue weighted by Crippen LogP contribution is 2.26. The van der Waals surface area contributed by atoms with Gasteiger partial charge in [0.2, 0.25) is 5.91 Å². The summed E-state index contributed by atoms with van der Waals surface area (Å²) in [6.45, 7) is 13.8. The molecular formula is C14H28N2O. The third-order valence-corrected chi connectivity index (χ3v) is 3.31. The predicted molar refractivity (Wildman–Crippen MR) is 71.9 cm³/mol. The van der Waals surface area contributed by atoms with Crippen molar-refractivity contribution in [3.63, 3.8) is 0 Å². The zero-order valence-electron chi connectivity index (χ0n) is 12.0. The van der Waals surface area contributed by atoms with Gasteiger partial charge in [-0.15, -0.1) is 0 Å². The van der Waals surface area contributed by atoms with Crippen molar-refractivity contribution >= 4 is 5.91 Å². The lowest BCUT2D eigenvalue weighted by atomic mass is 9.84. The van der Waals surface area contributed by atoms with Gasteiger partial charge < -0.3 is 10.2 Å². The van der Waals surface area contributed by atoms with E-state index in [4.69, 9.17) is 0 Å². The van der Waals surface area contributed by atoms with Crippen LogP contribution in [0.1, 0.15) is 47.5 Å². The molecule has 0 unspecified atom stereocenters. The fourth-order valence-corrected chi connectivity index (χ4v) is 2.74. The molecule has 0 aliphatic carbocycles. The van der Waals surface area contributed by atoms with Gasteiger partial charge in [0, 0.05) is 32.1 Å². The van der Waals surface area contributed by atoms with Gasteiger partial charge in [-0.1, -0.05) is 27.7 Å². The maximum atomic E-state index is 12.2. The quantitative estimate of drug-likeness (QED) is 0.821. The lowest BCUT2D eigenvalue weighted by molar-refractivity contribution is -0.135. The van der Waals surface area contributed by atoms with Crippen molar-refractivity contribution in [3.05, 3.63) is 0 Å². The number of hydrogen-bond acceptors (Lipinski definition) is 2. The van der Waals surface area contributed by atoms with Gasteiger partial charge >= 0.3 is 0 Å². The Balaban J connectivity index is 2.42. The van der Waals surface area contributed by atoms with Gasteiger partial charge in [-0.2, -0.15) is 0 Å². The average Bonchev–Trinajstić information content (AvgIpc) is 2.14. The van der Waals surface area contributed by atoms with Crippen LogP contribution in [-0.4, -0.2) is 36.5 Å². The van der Waals surface area contributed by atoms with Crippen LogP contribution >= 0.6 is 0 Å². The van der Waals surface area contributed by atoms with Crippen LogP contribution in [0.4, 0.5) is 0 Å². The molecule has 0 aromatic carbocycles. The van der Waals surface area contributed by atoms with Gasteiger partial charge in [0.15, 0.2) is 0 Å². The van der Waals surface area contributed by atoms with Crippen LogP contribution in [-0.2, 0) is 4.79 Å². The van der Waals surface area contributed by atoms with E-state index in [2.05, 4.69) is 39.9 Å². The maximum Gasteiger partial charge on any atom is 0.223 e. The molecule has 1 saturated heterocycles. The number of hydrogen-bond donors (Lipinski definition) is 1. The first-order chi connectivity index (χ1) is 7.79. The predicted octanol–water partition coefficient (Wildman–Crippen LogP) is 2.27. The fourth-order valence-electron chi connectivity index (χ4n) is 2.74. The average molecular weight is 240 g/mol. The Morgan fingerprint density at radius 3 is 2.65 bits per heavy atom. The van der Waals surface area contributed by atoms with Crippen molar-refractivity contribution in [2.75, 3.05) is 19.6 Å². The van der Waals surface area contributed by atoms with Crippen molar-refractivity contribution in [2.24, 2.45) is 11.3 Å². The smallest absolute Gasteiger partial charge is 0.223 e. The molecule has 1 N–H and O–H groups in total. The van der Waals surface area contributed by atoms with E-state index in [0.717, 1.165) is 26.1 Å². The zero-order valence-corrected chi connectivity index (χ0v) is 12.0. The van der Waals surface area contributed by atoms with Gasteiger partial charge in [0.05, 0.1) is 0 Å². The van der Waals surface area contributed by atoms with E-state index < -0.39 is 0 Å². The molecular weight excluding hydrogens is 212 g/mol. The van der Waals surface area contributed by atoms with Crippen LogP contribution in [0.2, 0.25) is 0 Å². The van der Waals surface area contributed by atoms with Crippen molar-refractivity contribution < 1.29 is 4.79 Å². The van der Waals surface area contributed by atoms with E-state index in [1.807, 2.05) is 4.90 Å². The van der Waals surface area contributed by atoms with Gasteiger partial charge in [-0.05, 0) is 24.7 Å². The molecule has 0 saturated carbocycles. The minimum atomic E-state index is 0.314. The molecule has 1 amide bonds. The molecule has 0 radical (unpaired) electrons. The summed E-state index contributed by atoms with van der Waals surface area (Å²) in [5.74, 6) is 0.806. The summed E-state index contributed by atoms with van der Waals surface area (Å²) < 4.78 is 0. The highest BCUT2D eigenvalue weighted by atomic mass is 16.2. The number of carbonyl (C=O) groups is 1. The molecule has 0 aromatic heterocycles. The zero-order chi connectivity index (χ0) is 13.1. The summed E-state index contributed by atoms with van der Waals surface area (Å²) >= 11 is 0. The minimum Gasteiger partial charge on any atom is -0.337 e. The van der Waals surface area contributed by atoms with Crippen molar-refractivity contribution in [1.29, 1.82) is 0 Å². The van der Waals surface area contributed by atoms with E-state index in [0.29, 0.717) is 29.7 Å². The summed E-state index contributed by atoms with van der Waals surface area (Å²) in [6, 6.07) is 0.345. The van der Waals surface area contributed by atoms with Crippen LogP contribution in [0.5, 0.6) is 0 Å². The second-order valence-corrected chi connectivity index (χ2v) is 6.71. The van der Waals surface area contributed by atoms with Crippen LogP contribution in [0.25, 0.3) is 0 Å². The second-order valence-electron chi connectivity index (χ2n) is 6.71. The van der Waals surface area contributed by atoms with Gasteiger partial charge in [0.25, 0.3) is 0 Å². The molecule has 0 spiro atoms. The Kier molecular flexibility index (Phi) is 4.99. The topological polar surface area (TPSA) is 32.3 Å². The second kappa shape index (κ2) is 5.85. The van der Waals surface area contributed by atoms with Crippen LogP contribution in [0.15, 0.2) is 0 Å². The van der Waals surface area contributed by atoms with Gasteiger partial charge in [-0.3, -0.25) is 4.79 Å². The minimum absolute atomic E-state index is 0.314. The lowest BCUT2D eigenvalue weighted by Crippen LogP contribution is -2.52. The Labute approximate surface area is 106 Å². The van der Waals surface area contributed by atoms with E-state index in [1.54, 1.807) is 0 Å². The molecule has 3 heteroatoms. The molecule has 0 aromatic rings. The summed E-state index contributed by atoms with van der Waals surface area (Å²) in [5.41, 5.74) is 0.314. The molecule has 1 rings (SSSR count). The number of amides is 1. The van der Waals surface area contributed by atoms with Crippen LogP contribution in [0.3, 0.4) is 0 Å². The fraction of sp³-hybridized carbons (Fsp3) is 0.929. The maximum absolute atomic E-state index is 12.2. The first-order valence-electron chi connectivity index (χ1n) is 6.80. The Morgan fingerprint density at radius 2 is 2.12 bits per heavy atom. The largest absolute Gasteiger partial charge is 0.337 e. The summed E-state index contributed by atoms with van der Waals surface area (Å²) in [7, 11) is 0. The molecule has 0 bridgehead atoms. The monoisotopic (exact) mass is 240 g/mol. The Hall–Kier alpha value is -0.570. The number of piperazine rings is 1. The summed E-state index contributed by atoms with van der Waals surface area (Å²) in [4.78, 5) is 14.2.